The summed E-state index contributed by atoms with van der Waals surface area (Å²) in [5.41, 5.74) is 0. The highest BCUT2D eigenvalue weighted by Crippen LogP contribution is 2.16. The van der Waals surface area contributed by atoms with Gasteiger partial charge in [0.1, 0.15) is 6.17 Å². The molecule has 0 aromatic rings. The minimum Gasteiger partial charge on any atom is -0.317 e. The van der Waals surface area contributed by atoms with Gasteiger partial charge >= 0.3 is 0 Å². The lowest BCUT2D eigenvalue weighted by molar-refractivity contribution is 0.260. The van der Waals surface area contributed by atoms with Crippen LogP contribution in [0.4, 0.5) is 4.39 Å². The number of nitriles is 1. The van der Waals surface area contributed by atoms with Gasteiger partial charge in [-0.2, -0.15) is 5.26 Å². The third-order valence-corrected chi connectivity index (χ3v) is 1.83. The topological polar surface area (TPSA) is 35.8 Å². The Labute approximate surface area is 60.0 Å². The summed E-state index contributed by atoms with van der Waals surface area (Å²) >= 11 is 0. The summed E-state index contributed by atoms with van der Waals surface area (Å²) in [5.74, 6) is -0.380. The van der Waals surface area contributed by atoms with Crippen LogP contribution in [0.3, 0.4) is 0 Å². The van der Waals surface area contributed by atoms with Gasteiger partial charge in [0.25, 0.3) is 0 Å². The van der Waals surface area contributed by atoms with Crippen molar-refractivity contribution in [2.24, 2.45) is 5.92 Å². The lowest BCUT2D eigenvalue weighted by atomic mass is 10.0. The molecule has 0 amide bonds. The predicted molar refractivity (Wildman–Crippen MR) is 36.1 cm³/mol. The molecule has 1 aliphatic rings. The number of rotatable bonds is 0. The van der Waals surface area contributed by atoms with Crippen LogP contribution >= 0.6 is 0 Å². The highest BCUT2D eigenvalue weighted by Gasteiger charge is 2.21. The lowest BCUT2D eigenvalue weighted by Crippen LogP contribution is -2.14. The van der Waals surface area contributed by atoms with E-state index in [1.54, 1.807) is 0 Å². The van der Waals surface area contributed by atoms with E-state index in [1.165, 1.54) is 0 Å². The van der Waals surface area contributed by atoms with Crippen LogP contribution in [0.25, 0.3) is 0 Å². The molecule has 0 bridgehead atoms. The third kappa shape index (κ3) is 1.68. The third-order valence-electron chi connectivity index (χ3n) is 1.83. The zero-order chi connectivity index (χ0) is 7.40. The molecular weight excluding hydrogens is 131 g/mol. The van der Waals surface area contributed by atoms with Crippen molar-refractivity contribution in [3.05, 3.63) is 0 Å². The maximum absolute atomic E-state index is 12.8. The van der Waals surface area contributed by atoms with E-state index in [-0.39, 0.29) is 5.92 Å². The van der Waals surface area contributed by atoms with Crippen molar-refractivity contribution in [2.75, 3.05) is 13.1 Å². The first-order valence-electron chi connectivity index (χ1n) is 3.59. The van der Waals surface area contributed by atoms with E-state index in [0.717, 1.165) is 6.54 Å². The molecule has 0 radical (unpaired) electrons. The maximum atomic E-state index is 12.8. The second-order valence-corrected chi connectivity index (χ2v) is 2.58. The molecule has 1 fully saturated rings. The molecule has 2 atom stereocenters. The standard InChI is InChI=1S/C7H11FN2/c8-7-2-4-10-3-1-6(7)5-9/h6-7,10H,1-4H2/t6-,7+/m0/s1. The predicted octanol–water partition coefficient (Wildman–Crippen LogP) is 0.848. The van der Waals surface area contributed by atoms with Crippen LogP contribution < -0.4 is 5.32 Å². The number of nitrogens with one attached hydrogen (secondary N) is 1. The smallest absolute Gasteiger partial charge is 0.117 e. The van der Waals surface area contributed by atoms with Crippen LogP contribution in [0, 0.1) is 17.2 Å². The van der Waals surface area contributed by atoms with E-state index in [0.29, 0.717) is 19.4 Å². The fraction of sp³-hybridized carbons (Fsp3) is 0.857. The van der Waals surface area contributed by atoms with Crippen LogP contribution in [0.15, 0.2) is 0 Å². The molecule has 1 N–H and O–H groups in total. The van der Waals surface area contributed by atoms with E-state index in [2.05, 4.69) is 5.32 Å². The van der Waals surface area contributed by atoms with Crippen LogP contribution in [0.2, 0.25) is 0 Å². The first-order valence-corrected chi connectivity index (χ1v) is 3.59. The number of hydrogen-bond donors (Lipinski definition) is 1. The van der Waals surface area contributed by atoms with Crippen LogP contribution in [-0.4, -0.2) is 19.3 Å². The van der Waals surface area contributed by atoms with Crippen molar-refractivity contribution in [1.29, 1.82) is 5.26 Å². The Kier molecular flexibility index (Phi) is 2.64. The lowest BCUT2D eigenvalue weighted by Gasteiger charge is -2.07. The van der Waals surface area contributed by atoms with Crippen molar-refractivity contribution in [3.8, 4) is 6.07 Å². The van der Waals surface area contributed by atoms with Gasteiger partial charge in [-0.1, -0.05) is 0 Å². The van der Waals surface area contributed by atoms with E-state index in [1.807, 2.05) is 6.07 Å². The van der Waals surface area contributed by atoms with Gasteiger partial charge in [-0.05, 0) is 25.9 Å². The van der Waals surface area contributed by atoms with Gasteiger partial charge in [0.15, 0.2) is 0 Å². The molecule has 3 heteroatoms. The molecule has 10 heavy (non-hydrogen) atoms. The SMILES string of the molecule is N#C[C@@H]1CCNCC[C@H]1F. The van der Waals surface area contributed by atoms with Gasteiger partial charge in [-0.25, -0.2) is 4.39 Å². The Balaban J connectivity index is 2.45. The van der Waals surface area contributed by atoms with E-state index in [9.17, 15) is 4.39 Å². The van der Waals surface area contributed by atoms with Crippen LogP contribution in [0.1, 0.15) is 12.8 Å². The molecule has 0 aliphatic carbocycles. The molecule has 0 spiro atoms. The Morgan fingerprint density at radius 2 is 2.10 bits per heavy atom. The number of alkyl halides is 1. The number of halogens is 1. The summed E-state index contributed by atoms with van der Waals surface area (Å²) in [6, 6.07) is 1.98. The zero-order valence-electron chi connectivity index (χ0n) is 5.81. The summed E-state index contributed by atoms with van der Waals surface area (Å²) in [5, 5.41) is 11.5. The molecular formula is C7H11FN2. The van der Waals surface area contributed by atoms with Gasteiger partial charge in [-0.15, -0.1) is 0 Å². The molecule has 0 aromatic carbocycles. The second-order valence-electron chi connectivity index (χ2n) is 2.58. The number of hydrogen-bond acceptors (Lipinski definition) is 2. The molecule has 1 heterocycles. The molecule has 0 aromatic heterocycles. The van der Waals surface area contributed by atoms with Crippen molar-refractivity contribution in [3.63, 3.8) is 0 Å². The van der Waals surface area contributed by atoms with Gasteiger partial charge in [0, 0.05) is 0 Å². The fourth-order valence-electron chi connectivity index (χ4n) is 1.15. The van der Waals surface area contributed by atoms with Crippen molar-refractivity contribution in [2.45, 2.75) is 19.0 Å². The van der Waals surface area contributed by atoms with Crippen molar-refractivity contribution in [1.82, 2.24) is 5.32 Å². The van der Waals surface area contributed by atoms with E-state index >= 15 is 0 Å². The van der Waals surface area contributed by atoms with Gasteiger partial charge in [-0.3, -0.25) is 0 Å². The normalized spacial score (nSPS) is 34.4. The second kappa shape index (κ2) is 3.52. The minimum absolute atomic E-state index is 0.380. The number of nitrogens with zero attached hydrogens (tertiary/aromatic N) is 1. The molecule has 2 nitrogen and oxygen atoms in total. The van der Waals surface area contributed by atoms with Crippen LogP contribution in [-0.2, 0) is 0 Å². The van der Waals surface area contributed by atoms with Crippen LogP contribution in [0.5, 0.6) is 0 Å². The average Bonchev–Trinajstić information content (AvgIpc) is 2.13. The Hall–Kier alpha value is -0.620. The van der Waals surface area contributed by atoms with Gasteiger partial charge in [0.05, 0.1) is 12.0 Å². The molecule has 0 saturated carbocycles. The van der Waals surface area contributed by atoms with Crippen molar-refractivity contribution >= 4 is 0 Å². The molecule has 0 unspecified atom stereocenters. The van der Waals surface area contributed by atoms with E-state index < -0.39 is 6.17 Å². The van der Waals surface area contributed by atoms with Crippen molar-refractivity contribution < 1.29 is 4.39 Å². The first kappa shape index (κ1) is 7.49. The Bertz CT molecular complexity index is 141. The molecule has 1 saturated heterocycles. The summed E-state index contributed by atoms with van der Waals surface area (Å²) in [6.07, 6.45) is 0.218. The monoisotopic (exact) mass is 142 g/mol. The summed E-state index contributed by atoms with van der Waals surface area (Å²) in [7, 11) is 0. The minimum atomic E-state index is -0.917. The highest BCUT2D eigenvalue weighted by molar-refractivity contribution is 4.90. The largest absolute Gasteiger partial charge is 0.317 e. The summed E-state index contributed by atoms with van der Waals surface area (Å²) in [4.78, 5) is 0. The fourth-order valence-corrected chi connectivity index (χ4v) is 1.15. The first-order chi connectivity index (χ1) is 4.84. The Morgan fingerprint density at radius 1 is 1.40 bits per heavy atom. The molecule has 1 rings (SSSR count). The average molecular weight is 142 g/mol. The molecule has 56 valence electrons. The van der Waals surface area contributed by atoms with Gasteiger partial charge < -0.3 is 5.32 Å². The molecule has 1 aliphatic heterocycles. The Morgan fingerprint density at radius 3 is 2.80 bits per heavy atom. The van der Waals surface area contributed by atoms with E-state index in [4.69, 9.17) is 5.26 Å². The zero-order valence-corrected chi connectivity index (χ0v) is 5.81. The van der Waals surface area contributed by atoms with Gasteiger partial charge in [0.2, 0.25) is 0 Å². The highest BCUT2D eigenvalue weighted by atomic mass is 19.1. The maximum Gasteiger partial charge on any atom is 0.117 e. The summed E-state index contributed by atoms with van der Waals surface area (Å²) in [6.45, 7) is 1.48. The quantitative estimate of drug-likeness (QED) is 0.544. The summed E-state index contributed by atoms with van der Waals surface area (Å²) < 4.78 is 12.8.